The number of unbranched alkanes of at least 4 members (excludes halogenated alkanes) is 2. The number of urea groups is 1. The van der Waals surface area contributed by atoms with Gasteiger partial charge in [0.05, 0.1) is 55.4 Å². The second kappa shape index (κ2) is 43.9. The number of alkyl carbamates (subject to hydrolysis) is 1. The number of amides is 14. The molecule has 2 aromatic carbocycles. The number of aliphatic hydroxyl groups excluding tert-OH is 1. The molecule has 13 atom stereocenters. The number of nitrogens with one attached hydrogen (secondary N) is 8. The van der Waals surface area contributed by atoms with Crippen molar-refractivity contribution in [1.82, 2.24) is 56.8 Å². The molecular formula is C74H115N13O18. The second-order valence-electron chi connectivity index (χ2n) is 27.8. The van der Waals surface area contributed by atoms with Gasteiger partial charge in [0, 0.05) is 90.9 Å². The first-order chi connectivity index (χ1) is 49.7. The van der Waals surface area contributed by atoms with E-state index in [9.17, 15) is 62.6 Å². The molecule has 31 nitrogen and oxygen atoms in total. The topological polar surface area (TPSA) is 414 Å². The van der Waals surface area contributed by atoms with E-state index < -0.39 is 156 Å². The third-order valence-corrected chi connectivity index (χ3v) is 19.0. The van der Waals surface area contributed by atoms with E-state index in [1.54, 1.807) is 98.5 Å². The summed E-state index contributed by atoms with van der Waals surface area (Å²) in [5.41, 5.74) is 6.17. The molecule has 2 aliphatic heterocycles. The SMILES string of the molecule is CCOC(=O)NCCNC(=O)C(OC(=O)N(C)[C@H](C(=O)N[C@H](C(=O)N(C)[C@@H]([C@@H](C)CC)[C@@H](CC(=O)N1CCC[C@H]1[C@H](OC)[C@@H](C)C(=O)N[C@H](C)[C@@H](O)c1ccccc1)OC)C(C)C)C(C)C)c1ccc(NC(=O)[C@H](CCCNC(N)=O)NC(=O)[C@@H](NC(=O)CCCCCN2C(=O)C=CC2=O)C(C)C)cc1. The van der Waals surface area contributed by atoms with E-state index in [0.29, 0.717) is 50.6 Å². The number of primary amides is 1. The zero-order valence-electron chi connectivity index (χ0n) is 63.7. The van der Waals surface area contributed by atoms with Crippen molar-refractivity contribution in [2.24, 2.45) is 35.3 Å². The normalized spacial score (nSPS) is 17.0. The highest BCUT2D eigenvalue weighted by Crippen LogP contribution is 2.31. The number of nitrogens with zero attached hydrogens (tertiary/aromatic N) is 4. The molecule has 1 unspecified atom stereocenters. The van der Waals surface area contributed by atoms with Crippen LogP contribution < -0.4 is 48.3 Å². The lowest BCUT2D eigenvalue weighted by molar-refractivity contribution is -0.148. The van der Waals surface area contributed by atoms with Crippen molar-refractivity contribution >= 4 is 83.0 Å². The Hall–Kier alpha value is -9.23. The number of likely N-dealkylation sites (tertiary alicyclic amines) is 1. The first-order valence-electron chi connectivity index (χ1n) is 36.4. The summed E-state index contributed by atoms with van der Waals surface area (Å²) in [6, 6.07) is 7.19. The number of rotatable bonds is 43. The third-order valence-electron chi connectivity index (χ3n) is 19.0. The van der Waals surface area contributed by atoms with Crippen LogP contribution in [0, 0.1) is 29.6 Å². The van der Waals surface area contributed by atoms with Crippen LogP contribution in [-0.2, 0) is 66.9 Å². The molecule has 0 radical (unpaired) electrons. The molecule has 584 valence electrons. The summed E-state index contributed by atoms with van der Waals surface area (Å²) >= 11 is 0. The van der Waals surface area contributed by atoms with E-state index in [1.807, 2.05) is 19.9 Å². The predicted molar refractivity (Wildman–Crippen MR) is 390 cm³/mol. The van der Waals surface area contributed by atoms with E-state index in [0.717, 1.165) is 9.80 Å². The number of hydrogen-bond donors (Lipinski definition) is 10. The molecular weight excluding hydrogens is 1360 g/mol. The number of anilines is 1. The van der Waals surface area contributed by atoms with E-state index in [1.165, 1.54) is 62.6 Å². The van der Waals surface area contributed by atoms with Gasteiger partial charge in [0.2, 0.25) is 47.5 Å². The van der Waals surface area contributed by atoms with Gasteiger partial charge in [0.15, 0.2) is 0 Å². The molecule has 4 rings (SSSR count). The summed E-state index contributed by atoms with van der Waals surface area (Å²) in [6.45, 7) is 19.7. The first kappa shape index (κ1) is 88.2. The molecule has 31 heteroatoms. The molecule has 2 aromatic rings. The van der Waals surface area contributed by atoms with Crippen molar-refractivity contribution < 1.29 is 86.4 Å². The summed E-state index contributed by atoms with van der Waals surface area (Å²) in [4.78, 5) is 181. The van der Waals surface area contributed by atoms with Crippen LogP contribution in [0.2, 0.25) is 0 Å². The number of likely N-dealkylation sites (N-methyl/N-ethyl adjacent to an activating group) is 2. The Balaban J connectivity index is 1.53. The number of imide groups is 1. The lowest BCUT2D eigenvalue weighted by Crippen LogP contribution is -2.60. The molecule has 2 aliphatic rings. The minimum Gasteiger partial charge on any atom is -0.450 e. The molecule has 1 saturated heterocycles. The van der Waals surface area contributed by atoms with Crippen molar-refractivity contribution in [3.05, 3.63) is 77.9 Å². The Labute approximate surface area is 617 Å². The quantitative estimate of drug-likeness (QED) is 0.0323. The largest absolute Gasteiger partial charge is 0.450 e. The summed E-state index contributed by atoms with van der Waals surface area (Å²) in [5, 5.41) is 32.6. The fourth-order valence-electron chi connectivity index (χ4n) is 13.0. The average Bonchev–Trinajstić information content (AvgIpc) is 1.76. The molecule has 11 N–H and O–H groups in total. The van der Waals surface area contributed by atoms with Gasteiger partial charge >= 0.3 is 18.2 Å². The Bertz CT molecular complexity index is 3250. The van der Waals surface area contributed by atoms with Crippen molar-refractivity contribution in [3.63, 3.8) is 0 Å². The number of ether oxygens (including phenoxy) is 4. The Morgan fingerprint density at radius 3 is 1.88 bits per heavy atom. The molecule has 0 aliphatic carbocycles. The van der Waals surface area contributed by atoms with Gasteiger partial charge < -0.3 is 82.1 Å². The van der Waals surface area contributed by atoms with Crippen molar-refractivity contribution in [2.75, 3.05) is 73.0 Å². The molecule has 0 saturated carbocycles. The van der Waals surface area contributed by atoms with E-state index in [2.05, 4.69) is 42.5 Å². The standard InChI is InChI=1S/C74H115N13O18/c1-16-46(9)62(54(102-14)42-58(91)86-41-25-29-53(86)64(103-15)47(10)66(93)79-48(11)63(92)49-26-20-18-21-27-49)84(12)71(98)60(44(5)6)83-69(96)61(45(7)8)85(13)74(101)105-65(70(97)76-38-39-78-73(100)104-17-2)50-31-33-51(34-32-50)80-67(94)52(28-24-37-77-72(75)99)81-68(95)59(43(3)4)82-55(88)30-22-19-23-40-87-56(89)35-36-57(87)90/h18,20-21,26-27,31-36,43-48,52-54,59-65,92H,16-17,19,22-25,28-30,37-42H2,1-15H3,(H,76,97)(H,78,100)(H,79,93)(H,80,94)(H,81,95)(H,82,88)(H,83,96)(H3,75,77,99)/t46-,47+,48+,52-,53-,54+,59-,60-,61-,62-,63+,64+,65?/m0/s1. The summed E-state index contributed by atoms with van der Waals surface area (Å²) < 4.78 is 23.0. The summed E-state index contributed by atoms with van der Waals surface area (Å²) in [5.74, 6) is -7.87. The van der Waals surface area contributed by atoms with Crippen molar-refractivity contribution in [3.8, 4) is 0 Å². The molecule has 0 spiro atoms. The Kier molecular flexibility index (Phi) is 36.9. The molecule has 1 fully saturated rings. The third kappa shape index (κ3) is 26.7. The van der Waals surface area contributed by atoms with Gasteiger partial charge in [-0.1, -0.05) is 118 Å². The van der Waals surface area contributed by atoms with Crippen LogP contribution in [0.1, 0.15) is 164 Å². The maximum atomic E-state index is 15.0. The monoisotopic (exact) mass is 1470 g/mol. The van der Waals surface area contributed by atoms with Crippen LogP contribution in [0.3, 0.4) is 0 Å². The molecule has 105 heavy (non-hydrogen) atoms. The molecule has 2 heterocycles. The van der Waals surface area contributed by atoms with Crippen LogP contribution in [-0.4, -0.2) is 224 Å². The van der Waals surface area contributed by atoms with Crippen molar-refractivity contribution in [1.29, 1.82) is 0 Å². The van der Waals surface area contributed by atoms with Crippen LogP contribution in [0.25, 0.3) is 0 Å². The van der Waals surface area contributed by atoms with Crippen molar-refractivity contribution in [2.45, 2.75) is 207 Å². The minimum absolute atomic E-state index is 0.00593. The number of methoxy groups -OCH3 is 2. The van der Waals surface area contributed by atoms with E-state index in [4.69, 9.17) is 24.7 Å². The molecule has 0 bridgehead atoms. The fraction of sp³-hybridized carbons (Fsp3) is 0.635. The Morgan fingerprint density at radius 2 is 1.30 bits per heavy atom. The fourth-order valence-corrected chi connectivity index (χ4v) is 13.0. The lowest BCUT2D eigenvalue weighted by Gasteiger charge is -2.41. The highest BCUT2D eigenvalue weighted by Gasteiger charge is 2.45. The maximum absolute atomic E-state index is 15.0. The van der Waals surface area contributed by atoms with Gasteiger partial charge in [0.25, 0.3) is 17.7 Å². The zero-order chi connectivity index (χ0) is 78.4. The van der Waals surface area contributed by atoms with Crippen LogP contribution >= 0.6 is 0 Å². The van der Waals surface area contributed by atoms with Gasteiger partial charge in [-0.3, -0.25) is 57.7 Å². The number of carbonyl (C=O) groups is 13. The molecule has 0 aromatic heterocycles. The highest BCUT2D eigenvalue weighted by atomic mass is 16.6. The smallest absolute Gasteiger partial charge is 0.411 e. The highest BCUT2D eigenvalue weighted by molar-refractivity contribution is 6.12. The van der Waals surface area contributed by atoms with Gasteiger partial charge in [-0.2, -0.15) is 0 Å². The number of carbonyl (C=O) groups excluding carboxylic acids is 13. The zero-order valence-corrected chi connectivity index (χ0v) is 63.7. The predicted octanol–water partition coefficient (Wildman–Crippen LogP) is 4.48. The van der Waals surface area contributed by atoms with Gasteiger partial charge in [-0.15, -0.1) is 0 Å². The van der Waals surface area contributed by atoms with Gasteiger partial charge in [0.1, 0.15) is 24.2 Å². The second-order valence-corrected chi connectivity index (χ2v) is 27.8. The number of aliphatic hydroxyl groups is 1. The number of nitrogens with two attached hydrogens (primary N) is 1. The Morgan fingerprint density at radius 1 is 0.657 bits per heavy atom. The van der Waals surface area contributed by atoms with Gasteiger partial charge in [-0.25, -0.2) is 14.4 Å². The number of benzene rings is 2. The van der Waals surface area contributed by atoms with E-state index in [-0.39, 0.29) is 87.5 Å². The lowest BCUT2D eigenvalue weighted by atomic mass is 9.89. The maximum Gasteiger partial charge on any atom is 0.411 e. The summed E-state index contributed by atoms with van der Waals surface area (Å²) in [6.07, 6.45) is -0.486. The van der Waals surface area contributed by atoms with Crippen LogP contribution in [0.5, 0.6) is 0 Å². The summed E-state index contributed by atoms with van der Waals surface area (Å²) in [7, 11) is 5.86. The average molecular weight is 1470 g/mol. The van der Waals surface area contributed by atoms with E-state index >= 15 is 4.79 Å². The van der Waals surface area contributed by atoms with Crippen LogP contribution in [0.15, 0.2) is 66.7 Å². The number of hydrogen-bond acceptors (Lipinski definition) is 18. The molecule has 14 amide bonds. The first-order valence-corrected chi connectivity index (χ1v) is 36.4. The van der Waals surface area contributed by atoms with Gasteiger partial charge in [-0.05, 0) is 93.7 Å². The minimum atomic E-state index is -1.72. The van der Waals surface area contributed by atoms with Crippen LogP contribution in [0.4, 0.5) is 20.1 Å².